The quantitative estimate of drug-likeness (QED) is 0.385. The van der Waals surface area contributed by atoms with Gasteiger partial charge in [-0.15, -0.1) is 5.54 Å². The molecular weight excluding hydrogens is 364 g/mol. The molecule has 0 spiro atoms. The van der Waals surface area contributed by atoms with Crippen LogP contribution in [-0.4, -0.2) is 58.0 Å². The number of carbonyl (C=O) groups is 1. The van der Waals surface area contributed by atoms with E-state index in [9.17, 15) is 9.90 Å². The molecular formula is C19H36O5Si2. The van der Waals surface area contributed by atoms with Crippen LogP contribution in [0, 0.1) is 11.5 Å². The van der Waals surface area contributed by atoms with Crippen LogP contribution >= 0.6 is 0 Å². The van der Waals surface area contributed by atoms with Crippen LogP contribution in [0.4, 0.5) is 0 Å². The van der Waals surface area contributed by atoms with E-state index in [0.717, 1.165) is 24.4 Å². The van der Waals surface area contributed by atoms with Crippen molar-refractivity contribution in [1.82, 2.24) is 0 Å². The van der Waals surface area contributed by atoms with Gasteiger partial charge in [0.15, 0.2) is 20.4 Å². The van der Waals surface area contributed by atoms with Gasteiger partial charge in [-0.25, -0.2) is 0 Å². The van der Waals surface area contributed by atoms with Gasteiger partial charge in [-0.1, -0.05) is 46.3 Å². The molecule has 0 radical (unpaired) electrons. The average Bonchev–Trinajstić information content (AvgIpc) is 2.88. The molecule has 0 aromatic heterocycles. The maximum Gasteiger partial charge on any atom is 0.192 e. The van der Waals surface area contributed by atoms with E-state index in [-0.39, 0.29) is 0 Å². The van der Waals surface area contributed by atoms with Gasteiger partial charge < -0.3 is 23.8 Å². The normalized spacial score (nSPS) is 25.3. The van der Waals surface area contributed by atoms with Gasteiger partial charge in [-0.05, 0) is 32.0 Å². The molecule has 0 aromatic carbocycles. The topological polar surface area (TPSA) is 65.0 Å². The minimum absolute atomic E-state index is 0.662. The summed E-state index contributed by atoms with van der Waals surface area (Å²) < 4.78 is 18.2. The first-order chi connectivity index (χ1) is 11.9. The molecule has 26 heavy (non-hydrogen) atoms. The maximum absolute atomic E-state index is 11.6. The number of aliphatic hydroxyl groups excluding tert-OH is 1. The number of rotatable bonds is 8. The molecule has 0 unspecified atom stereocenters. The Kier molecular flexibility index (Phi) is 8.27. The van der Waals surface area contributed by atoms with Crippen LogP contribution in [0.3, 0.4) is 0 Å². The van der Waals surface area contributed by atoms with E-state index in [1.807, 2.05) is 0 Å². The van der Waals surface area contributed by atoms with E-state index < -0.39 is 46.6 Å². The number of ether oxygens (including phenoxy) is 2. The third-order valence-corrected chi connectivity index (χ3v) is 10.4. The lowest BCUT2D eigenvalue weighted by Gasteiger charge is -2.37. The van der Waals surface area contributed by atoms with E-state index in [1.165, 1.54) is 0 Å². The summed E-state index contributed by atoms with van der Waals surface area (Å²) in [5, 5.41) is 10.9. The fourth-order valence-electron chi connectivity index (χ4n) is 3.15. The summed E-state index contributed by atoms with van der Waals surface area (Å²) in [6.07, 6.45) is -2.40. The van der Waals surface area contributed by atoms with Crippen molar-refractivity contribution < 1.29 is 23.8 Å². The van der Waals surface area contributed by atoms with Gasteiger partial charge in [0, 0.05) is 0 Å². The van der Waals surface area contributed by atoms with Crippen molar-refractivity contribution in [3.05, 3.63) is 0 Å². The van der Waals surface area contributed by atoms with Gasteiger partial charge in [0.1, 0.15) is 32.5 Å². The first-order valence-electron chi connectivity index (χ1n) is 9.62. The maximum atomic E-state index is 11.6. The van der Waals surface area contributed by atoms with Crippen molar-refractivity contribution in [2.45, 2.75) is 103 Å². The molecule has 0 aromatic rings. The first-order valence-corrected chi connectivity index (χ1v) is 15.6. The Morgan fingerprint density at radius 1 is 1.15 bits per heavy atom. The van der Waals surface area contributed by atoms with Crippen LogP contribution in [0.5, 0.6) is 0 Å². The molecule has 0 amide bonds. The first kappa shape index (κ1) is 23.5. The van der Waals surface area contributed by atoms with Crippen molar-refractivity contribution >= 4 is 22.7 Å². The van der Waals surface area contributed by atoms with Crippen LogP contribution in [0.25, 0.3) is 0 Å². The van der Waals surface area contributed by atoms with Gasteiger partial charge in [-0.3, -0.25) is 0 Å². The number of aldehydes is 1. The largest absolute Gasteiger partial charge is 0.407 e. The number of aliphatic hydroxyl groups is 1. The minimum Gasteiger partial charge on any atom is -0.407 e. The molecule has 7 heteroatoms. The third-order valence-electron chi connectivity index (χ3n) is 4.85. The average molecular weight is 401 g/mol. The Hall–Kier alpha value is -0.496. The lowest BCUT2D eigenvalue weighted by Crippen LogP contribution is -2.52. The Balaban J connectivity index is 3.24. The Morgan fingerprint density at radius 3 is 2.12 bits per heavy atom. The summed E-state index contributed by atoms with van der Waals surface area (Å²) in [5.41, 5.74) is 3.21. The number of hydrogen-bond donors (Lipinski definition) is 1. The highest BCUT2D eigenvalue weighted by Crippen LogP contribution is 2.34. The van der Waals surface area contributed by atoms with Gasteiger partial charge in [-0.2, -0.15) is 0 Å². The Labute approximate surface area is 160 Å². The number of carbonyl (C=O) groups excluding carboxylic acids is 1. The zero-order valence-electron chi connectivity index (χ0n) is 17.6. The van der Waals surface area contributed by atoms with E-state index in [0.29, 0.717) is 0 Å². The highest BCUT2D eigenvalue weighted by atomic mass is 28.4. The summed E-state index contributed by atoms with van der Waals surface area (Å²) in [6, 6.07) is 2.81. The van der Waals surface area contributed by atoms with Crippen LogP contribution in [0.15, 0.2) is 0 Å². The highest BCUT2D eigenvalue weighted by Gasteiger charge is 2.49. The van der Waals surface area contributed by atoms with E-state index in [2.05, 4.69) is 51.9 Å². The van der Waals surface area contributed by atoms with Crippen molar-refractivity contribution in [1.29, 1.82) is 0 Å². The summed E-state index contributed by atoms with van der Waals surface area (Å²) >= 11 is 0. The molecule has 1 N–H and O–H groups in total. The minimum atomic E-state index is -2.04. The molecule has 4 atom stereocenters. The second kappa shape index (κ2) is 9.13. The van der Waals surface area contributed by atoms with Gasteiger partial charge >= 0.3 is 0 Å². The molecule has 0 aliphatic carbocycles. The Morgan fingerprint density at radius 2 is 1.69 bits per heavy atom. The summed E-state index contributed by atoms with van der Waals surface area (Å²) in [4.78, 5) is 11.6. The second-order valence-electron chi connectivity index (χ2n) is 8.49. The van der Waals surface area contributed by atoms with Crippen LogP contribution in [0.1, 0.15) is 34.6 Å². The second-order valence-corrected chi connectivity index (χ2v) is 18.0. The fourth-order valence-corrected chi connectivity index (χ4v) is 6.57. The van der Waals surface area contributed by atoms with Crippen molar-refractivity contribution in [2.24, 2.45) is 0 Å². The molecule has 1 heterocycles. The van der Waals surface area contributed by atoms with Gasteiger partial charge in [0.25, 0.3) is 0 Å². The van der Waals surface area contributed by atoms with Crippen molar-refractivity contribution in [3.8, 4) is 11.5 Å². The molecule has 150 valence electrons. The van der Waals surface area contributed by atoms with Crippen LogP contribution < -0.4 is 0 Å². The van der Waals surface area contributed by atoms with Crippen LogP contribution in [-0.2, 0) is 18.7 Å². The predicted octanol–water partition coefficient (Wildman–Crippen LogP) is 3.34. The molecule has 5 nitrogen and oxygen atoms in total. The molecule has 1 saturated heterocycles. The smallest absolute Gasteiger partial charge is 0.192 e. The van der Waals surface area contributed by atoms with Crippen LogP contribution in [0.2, 0.25) is 37.8 Å². The zero-order chi connectivity index (χ0) is 20.2. The van der Waals surface area contributed by atoms with E-state index >= 15 is 0 Å². The molecule has 0 saturated carbocycles. The highest BCUT2D eigenvalue weighted by molar-refractivity contribution is 6.83. The van der Waals surface area contributed by atoms with Crippen molar-refractivity contribution in [2.75, 3.05) is 0 Å². The SMILES string of the molecule is CC[Si](CC)(CC)O[C@@H]([C@H]1OC(C)(C)O[C@@H]1C=O)[C@@H](O)C#C[Si](C)(C)C. The predicted molar refractivity (Wildman–Crippen MR) is 109 cm³/mol. The zero-order valence-corrected chi connectivity index (χ0v) is 19.6. The van der Waals surface area contributed by atoms with Gasteiger partial charge in [0.05, 0.1) is 0 Å². The van der Waals surface area contributed by atoms with Crippen molar-refractivity contribution in [3.63, 3.8) is 0 Å². The number of hydrogen-bond acceptors (Lipinski definition) is 5. The fraction of sp³-hybridized carbons (Fsp3) is 0.842. The summed E-state index contributed by atoms with van der Waals surface area (Å²) in [7, 11) is -3.69. The van der Waals surface area contributed by atoms with E-state index in [1.54, 1.807) is 13.8 Å². The molecule has 1 rings (SSSR count). The summed E-state index contributed by atoms with van der Waals surface area (Å²) in [5.74, 6) is 2.09. The molecule has 1 fully saturated rings. The lowest BCUT2D eigenvalue weighted by molar-refractivity contribution is -0.159. The lowest BCUT2D eigenvalue weighted by atomic mass is 10.0. The van der Waals surface area contributed by atoms with Gasteiger partial charge in [0.2, 0.25) is 0 Å². The molecule has 0 bridgehead atoms. The monoisotopic (exact) mass is 400 g/mol. The van der Waals surface area contributed by atoms with E-state index in [4.69, 9.17) is 13.9 Å². The standard InChI is InChI=1S/C19H36O5Si2/c1-9-26(10-2,11-3)24-17(15(21)12-13-25(6,7)8)18-16(14-20)22-19(4,5)23-18/h14-18,21H,9-11H2,1-8H3/t15-,16+,17+,18-/m0/s1. The molecule has 1 aliphatic rings. The third kappa shape index (κ3) is 6.29. The molecule has 1 aliphatic heterocycles. The Bertz CT molecular complexity index is 520. The summed E-state index contributed by atoms with van der Waals surface area (Å²) in [6.45, 7) is 16.3.